The number of nitrogens with one attached hydrogen (secondary N) is 2. The predicted octanol–water partition coefficient (Wildman–Crippen LogP) is 2.73. The molecule has 0 aliphatic heterocycles. The summed E-state index contributed by atoms with van der Waals surface area (Å²) in [5.74, 6) is -0.0900. The maximum atomic E-state index is 13.0. The van der Waals surface area contributed by atoms with Gasteiger partial charge >= 0.3 is 0 Å². The molecule has 4 nitrogen and oxygen atoms in total. The molecule has 1 aliphatic rings. The Balaban J connectivity index is 1.80. The molecule has 0 aromatic carbocycles. The van der Waals surface area contributed by atoms with E-state index in [-0.39, 0.29) is 5.54 Å². The molecule has 5 heteroatoms. The van der Waals surface area contributed by atoms with Crippen LogP contribution in [0.2, 0.25) is 0 Å². The van der Waals surface area contributed by atoms with Crippen LogP contribution in [0, 0.1) is 5.95 Å². The molecule has 19 heavy (non-hydrogen) atoms. The summed E-state index contributed by atoms with van der Waals surface area (Å²) in [6.07, 6.45) is 5.83. The first-order valence-electron chi connectivity index (χ1n) is 6.95. The maximum Gasteiger partial charge on any atom is 0.225 e. The largest absolute Gasteiger partial charge is 0.351 e. The van der Waals surface area contributed by atoms with Crippen molar-refractivity contribution in [2.24, 2.45) is 0 Å². The molecule has 1 saturated carbocycles. The molecule has 0 radical (unpaired) electrons. The molecule has 1 aliphatic carbocycles. The monoisotopic (exact) mass is 266 g/mol. The van der Waals surface area contributed by atoms with Crippen LogP contribution in [0.4, 0.5) is 10.3 Å². The molecule has 0 saturated heterocycles. The normalized spacial score (nSPS) is 24.2. The highest BCUT2D eigenvalue weighted by molar-refractivity contribution is 5.24. The van der Waals surface area contributed by atoms with Crippen LogP contribution in [0.15, 0.2) is 12.3 Å². The molecule has 1 aromatic rings. The van der Waals surface area contributed by atoms with Crippen molar-refractivity contribution in [3.63, 3.8) is 0 Å². The van der Waals surface area contributed by atoms with Crippen LogP contribution in [0.3, 0.4) is 0 Å². The van der Waals surface area contributed by atoms with Gasteiger partial charge in [0.2, 0.25) is 11.9 Å². The lowest BCUT2D eigenvalue weighted by atomic mass is 9.89. The van der Waals surface area contributed by atoms with Crippen molar-refractivity contribution in [3.8, 4) is 0 Å². The van der Waals surface area contributed by atoms with Crippen molar-refractivity contribution in [1.29, 1.82) is 0 Å². The Morgan fingerprint density at radius 1 is 1.16 bits per heavy atom. The topological polar surface area (TPSA) is 49.8 Å². The van der Waals surface area contributed by atoms with Gasteiger partial charge in [-0.1, -0.05) is 0 Å². The Bertz CT molecular complexity index is 408. The Morgan fingerprint density at radius 2 is 1.79 bits per heavy atom. The van der Waals surface area contributed by atoms with Gasteiger partial charge in [-0.3, -0.25) is 0 Å². The van der Waals surface area contributed by atoms with Crippen LogP contribution in [0.5, 0.6) is 0 Å². The zero-order chi connectivity index (χ0) is 13.9. The second-order valence-electron chi connectivity index (χ2n) is 6.29. The summed E-state index contributed by atoms with van der Waals surface area (Å²) >= 11 is 0. The summed E-state index contributed by atoms with van der Waals surface area (Å²) < 4.78 is 13.0. The van der Waals surface area contributed by atoms with E-state index in [0.29, 0.717) is 18.0 Å². The minimum Gasteiger partial charge on any atom is -0.351 e. The lowest BCUT2D eigenvalue weighted by molar-refractivity contribution is 0.286. The van der Waals surface area contributed by atoms with Crippen molar-refractivity contribution in [2.75, 3.05) is 5.32 Å². The number of hydrogen-bond acceptors (Lipinski definition) is 4. The summed E-state index contributed by atoms with van der Waals surface area (Å²) in [5, 5.41) is 6.85. The van der Waals surface area contributed by atoms with Gasteiger partial charge in [-0.15, -0.1) is 0 Å². The SMILES string of the molecule is CC(C)(C)NC1CCC(Nc2nccc(F)n2)CC1. The Kier molecular flexibility index (Phi) is 4.34. The summed E-state index contributed by atoms with van der Waals surface area (Å²) in [4.78, 5) is 7.78. The first kappa shape index (κ1) is 14.2. The fraction of sp³-hybridized carbons (Fsp3) is 0.714. The quantitative estimate of drug-likeness (QED) is 0.826. The zero-order valence-electron chi connectivity index (χ0n) is 11.9. The lowest BCUT2D eigenvalue weighted by Gasteiger charge is -2.34. The van der Waals surface area contributed by atoms with E-state index in [1.165, 1.54) is 12.3 Å². The molecule has 1 heterocycles. The second-order valence-corrected chi connectivity index (χ2v) is 6.29. The lowest BCUT2D eigenvalue weighted by Crippen LogP contribution is -2.46. The average Bonchev–Trinajstić information content (AvgIpc) is 2.30. The van der Waals surface area contributed by atoms with Crippen LogP contribution in [-0.2, 0) is 0 Å². The summed E-state index contributed by atoms with van der Waals surface area (Å²) in [6, 6.07) is 2.18. The van der Waals surface area contributed by atoms with E-state index in [1.807, 2.05) is 0 Å². The van der Waals surface area contributed by atoms with Gasteiger partial charge < -0.3 is 10.6 Å². The molecule has 2 rings (SSSR count). The van der Waals surface area contributed by atoms with Gasteiger partial charge in [0.1, 0.15) is 0 Å². The first-order chi connectivity index (χ1) is 8.92. The van der Waals surface area contributed by atoms with Crippen molar-refractivity contribution in [2.45, 2.75) is 64.1 Å². The maximum absolute atomic E-state index is 13.0. The standard InChI is InChI=1S/C14H23FN4/c1-14(2,3)19-11-6-4-10(5-7-11)17-13-16-9-8-12(15)18-13/h8-11,19H,4-7H2,1-3H3,(H,16,17,18). The van der Waals surface area contributed by atoms with Crippen LogP contribution in [0.25, 0.3) is 0 Å². The number of rotatable bonds is 3. The smallest absolute Gasteiger partial charge is 0.225 e. The zero-order valence-corrected chi connectivity index (χ0v) is 11.9. The molecular formula is C14H23FN4. The van der Waals surface area contributed by atoms with E-state index >= 15 is 0 Å². The Hall–Kier alpha value is -1.23. The first-order valence-corrected chi connectivity index (χ1v) is 6.95. The molecule has 1 aromatic heterocycles. The van der Waals surface area contributed by atoms with Gasteiger partial charge in [-0.05, 0) is 46.5 Å². The van der Waals surface area contributed by atoms with Crippen molar-refractivity contribution < 1.29 is 4.39 Å². The highest BCUT2D eigenvalue weighted by Crippen LogP contribution is 2.22. The average molecular weight is 266 g/mol. The fourth-order valence-corrected chi connectivity index (χ4v) is 2.58. The van der Waals surface area contributed by atoms with Crippen molar-refractivity contribution >= 4 is 5.95 Å². The van der Waals surface area contributed by atoms with E-state index < -0.39 is 5.95 Å². The predicted molar refractivity (Wildman–Crippen MR) is 74.5 cm³/mol. The van der Waals surface area contributed by atoms with E-state index in [4.69, 9.17) is 0 Å². The minimum atomic E-state index is -0.486. The van der Waals surface area contributed by atoms with Crippen LogP contribution in [0.1, 0.15) is 46.5 Å². The summed E-state index contributed by atoms with van der Waals surface area (Å²) in [6.45, 7) is 6.58. The number of anilines is 1. The van der Waals surface area contributed by atoms with Gasteiger partial charge in [0.05, 0.1) is 0 Å². The molecule has 0 spiro atoms. The number of hydrogen-bond donors (Lipinski definition) is 2. The number of aromatic nitrogens is 2. The number of nitrogens with zero attached hydrogens (tertiary/aromatic N) is 2. The molecule has 2 N–H and O–H groups in total. The fourth-order valence-electron chi connectivity index (χ4n) is 2.58. The van der Waals surface area contributed by atoms with Crippen LogP contribution < -0.4 is 10.6 Å². The van der Waals surface area contributed by atoms with E-state index in [1.54, 1.807) is 0 Å². The Morgan fingerprint density at radius 3 is 2.37 bits per heavy atom. The Labute approximate surface area is 114 Å². The molecule has 0 atom stereocenters. The minimum absolute atomic E-state index is 0.163. The van der Waals surface area contributed by atoms with Crippen molar-refractivity contribution in [3.05, 3.63) is 18.2 Å². The van der Waals surface area contributed by atoms with E-state index in [9.17, 15) is 4.39 Å². The third kappa shape index (κ3) is 4.74. The van der Waals surface area contributed by atoms with Gasteiger partial charge in [-0.25, -0.2) is 4.98 Å². The van der Waals surface area contributed by atoms with Gasteiger partial charge in [0.25, 0.3) is 0 Å². The molecule has 0 bridgehead atoms. The van der Waals surface area contributed by atoms with Crippen molar-refractivity contribution in [1.82, 2.24) is 15.3 Å². The van der Waals surface area contributed by atoms with Gasteiger partial charge in [0, 0.05) is 29.9 Å². The highest BCUT2D eigenvalue weighted by Gasteiger charge is 2.24. The van der Waals surface area contributed by atoms with Crippen LogP contribution >= 0.6 is 0 Å². The van der Waals surface area contributed by atoms with E-state index in [2.05, 4.69) is 41.4 Å². The summed E-state index contributed by atoms with van der Waals surface area (Å²) in [5.41, 5.74) is 0.163. The second kappa shape index (κ2) is 5.82. The van der Waals surface area contributed by atoms with Crippen LogP contribution in [-0.4, -0.2) is 27.6 Å². The molecule has 106 valence electrons. The number of halogens is 1. The molecule has 0 amide bonds. The summed E-state index contributed by atoms with van der Waals surface area (Å²) in [7, 11) is 0. The van der Waals surface area contributed by atoms with E-state index in [0.717, 1.165) is 25.7 Å². The molecule has 1 fully saturated rings. The van der Waals surface area contributed by atoms with Gasteiger partial charge in [0.15, 0.2) is 0 Å². The molecule has 0 unspecified atom stereocenters. The third-order valence-electron chi connectivity index (χ3n) is 3.32. The molecular weight excluding hydrogens is 243 g/mol. The third-order valence-corrected chi connectivity index (χ3v) is 3.32. The highest BCUT2D eigenvalue weighted by atomic mass is 19.1. The van der Waals surface area contributed by atoms with Gasteiger partial charge in [-0.2, -0.15) is 9.37 Å².